The van der Waals surface area contributed by atoms with Crippen molar-refractivity contribution in [2.75, 3.05) is 33.4 Å². The van der Waals surface area contributed by atoms with E-state index in [-0.39, 0.29) is 0 Å². The van der Waals surface area contributed by atoms with E-state index in [9.17, 15) is 5.11 Å². The lowest BCUT2D eigenvalue weighted by Crippen LogP contribution is -2.28. The summed E-state index contributed by atoms with van der Waals surface area (Å²) in [5, 5.41) is 10.7. The van der Waals surface area contributed by atoms with Gasteiger partial charge in [0.25, 0.3) is 0 Å². The predicted octanol–water partition coefficient (Wildman–Crippen LogP) is 2.34. The predicted molar refractivity (Wildman–Crippen MR) is 70.4 cm³/mol. The summed E-state index contributed by atoms with van der Waals surface area (Å²) in [7, 11) is 1.97. The molecule has 17 heavy (non-hydrogen) atoms. The van der Waals surface area contributed by atoms with Crippen molar-refractivity contribution in [3.05, 3.63) is 34.9 Å². The lowest BCUT2D eigenvalue weighted by atomic mass is 10.1. The first-order chi connectivity index (χ1) is 8.13. The number of rotatable bonds is 7. The van der Waals surface area contributed by atoms with E-state index in [1.807, 2.05) is 31.0 Å². The summed E-state index contributed by atoms with van der Waals surface area (Å²) in [5.41, 5.74) is 0.848. The molecule has 1 unspecified atom stereocenters. The van der Waals surface area contributed by atoms with Gasteiger partial charge in [-0.25, -0.2) is 0 Å². The van der Waals surface area contributed by atoms with Crippen LogP contribution in [0, 0.1) is 0 Å². The van der Waals surface area contributed by atoms with Crippen LogP contribution in [0.15, 0.2) is 24.3 Å². The highest BCUT2D eigenvalue weighted by atomic mass is 35.5. The maximum Gasteiger partial charge on any atom is 0.0917 e. The molecule has 1 aromatic carbocycles. The Morgan fingerprint density at radius 1 is 1.47 bits per heavy atom. The van der Waals surface area contributed by atoms with Crippen LogP contribution in [-0.2, 0) is 4.74 Å². The summed E-state index contributed by atoms with van der Waals surface area (Å²) >= 11 is 5.88. The Labute approximate surface area is 108 Å². The minimum absolute atomic E-state index is 0.514. The topological polar surface area (TPSA) is 32.7 Å². The van der Waals surface area contributed by atoms with Gasteiger partial charge in [-0.2, -0.15) is 0 Å². The molecule has 96 valence electrons. The third kappa shape index (κ3) is 5.50. The van der Waals surface area contributed by atoms with Crippen LogP contribution in [0.5, 0.6) is 0 Å². The largest absolute Gasteiger partial charge is 0.387 e. The van der Waals surface area contributed by atoms with Gasteiger partial charge in [0.15, 0.2) is 0 Å². The van der Waals surface area contributed by atoms with Crippen LogP contribution in [0.1, 0.15) is 18.6 Å². The van der Waals surface area contributed by atoms with Gasteiger partial charge in [-0.05, 0) is 31.7 Å². The van der Waals surface area contributed by atoms with Gasteiger partial charge in [0.1, 0.15) is 0 Å². The first kappa shape index (κ1) is 14.5. The third-order valence-electron chi connectivity index (χ3n) is 2.54. The van der Waals surface area contributed by atoms with Gasteiger partial charge in [0, 0.05) is 24.7 Å². The molecule has 0 radical (unpaired) electrons. The summed E-state index contributed by atoms with van der Waals surface area (Å²) in [6.07, 6.45) is -0.514. The van der Waals surface area contributed by atoms with Gasteiger partial charge >= 0.3 is 0 Å². The number of hydrogen-bond donors (Lipinski definition) is 1. The smallest absolute Gasteiger partial charge is 0.0917 e. The van der Waals surface area contributed by atoms with Gasteiger partial charge in [0.2, 0.25) is 0 Å². The molecule has 1 rings (SSSR count). The van der Waals surface area contributed by atoms with Crippen molar-refractivity contribution in [1.29, 1.82) is 0 Å². The third-order valence-corrected chi connectivity index (χ3v) is 2.77. The van der Waals surface area contributed by atoms with E-state index in [1.54, 1.807) is 12.1 Å². The van der Waals surface area contributed by atoms with Gasteiger partial charge in [-0.3, -0.25) is 0 Å². The lowest BCUT2D eigenvalue weighted by molar-refractivity contribution is 0.0891. The molecule has 0 spiro atoms. The highest BCUT2D eigenvalue weighted by molar-refractivity contribution is 6.30. The second-order valence-corrected chi connectivity index (χ2v) is 4.47. The lowest BCUT2D eigenvalue weighted by Gasteiger charge is -2.20. The number of nitrogens with zero attached hydrogens (tertiary/aromatic N) is 1. The molecular formula is C13H20ClNO2. The molecule has 0 amide bonds. The molecule has 4 heteroatoms. The Morgan fingerprint density at radius 3 is 2.88 bits per heavy atom. The fourth-order valence-electron chi connectivity index (χ4n) is 1.57. The first-order valence-corrected chi connectivity index (χ1v) is 6.21. The number of aliphatic hydroxyl groups excluding tert-OH is 1. The average Bonchev–Trinajstić information content (AvgIpc) is 2.29. The maximum atomic E-state index is 10.0. The maximum absolute atomic E-state index is 10.0. The molecule has 0 fully saturated rings. The number of aliphatic hydroxyl groups is 1. The van der Waals surface area contributed by atoms with Crippen molar-refractivity contribution in [3.8, 4) is 0 Å². The van der Waals surface area contributed by atoms with Crippen molar-refractivity contribution in [1.82, 2.24) is 4.90 Å². The summed E-state index contributed by atoms with van der Waals surface area (Å²) in [6, 6.07) is 7.33. The summed E-state index contributed by atoms with van der Waals surface area (Å²) < 4.78 is 5.27. The van der Waals surface area contributed by atoms with E-state index in [2.05, 4.69) is 0 Å². The number of benzene rings is 1. The second-order valence-electron chi connectivity index (χ2n) is 4.03. The van der Waals surface area contributed by atoms with Gasteiger partial charge in [-0.1, -0.05) is 23.7 Å². The normalized spacial score (nSPS) is 13.0. The van der Waals surface area contributed by atoms with Crippen molar-refractivity contribution in [2.24, 2.45) is 0 Å². The van der Waals surface area contributed by atoms with Gasteiger partial charge in [0.05, 0.1) is 12.7 Å². The molecular weight excluding hydrogens is 238 g/mol. The SMILES string of the molecule is CCOCCN(C)CC(O)c1cccc(Cl)c1. The Kier molecular flexibility index (Phi) is 6.52. The zero-order valence-electron chi connectivity index (χ0n) is 10.4. The summed E-state index contributed by atoms with van der Waals surface area (Å²) in [5.74, 6) is 0. The van der Waals surface area contributed by atoms with Crippen LogP contribution in [0.3, 0.4) is 0 Å². The molecule has 0 saturated heterocycles. The monoisotopic (exact) mass is 257 g/mol. The van der Waals surface area contributed by atoms with Crippen LogP contribution >= 0.6 is 11.6 Å². The molecule has 1 atom stereocenters. The molecule has 0 bridgehead atoms. The molecule has 1 N–H and O–H groups in total. The van der Waals surface area contributed by atoms with E-state index < -0.39 is 6.10 Å². The van der Waals surface area contributed by atoms with Crippen molar-refractivity contribution >= 4 is 11.6 Å². The van der Waals surface area contributed by atoms with Gasteiger partial charge in [-0.15, -0.1) is 0 Å². The first-order valence-electron chi connectivity index (χ1n) is 5.83. The van der Waals surface area contributed by atoms with E-state index in [4.69, 9.17) is 16.3 Å². The van der Waals surface area contributed by atoms with Crippen LogP contribution in [0.2, 0.25) is 5.02 Å². The average molecular weight is 258 g/mol. The van der Waals surface area contributed by atoms with Gasteiger partial charge < -0.3 is 14.7 Å². The molecule has 0 aliphatic carbocycles. The zero-order chi connectivity index (χ0) is 12.7. The van der Waals surface area contributed by atoms with Crippen LogP contribution in [-0.4, -0.2) is 43.4 Å². The van der Waals surface area contributed by atoms with Crippen LogP contribution < -0.4 is 0 Å². The minimum Gasteiger partial charge on any atom is -0.387 e. The number of likely N-dealkylation sites (N-methyl/N-ethyl adjacent to an activating group) is 1. The zero-order valence-corrected chi connectivity index (χ0v) is 11.2. The van der Waals surface area contributed by atoms with E-state index in [0.29, 0.717) is 18.2 Å². The Hall–Kier alpha value is -0.610. The molecule has 0 aromatic heterocycles. The molecule has 1 aromatic rings. The van der Waals surface area contributed by atoms with E-state index in [0.717, 1.165) is 18.7 Å². The van der Waals surface area contributed by atoms with Crippen molar-refractivity contribution in [2.45, 2.75) is 13.0 Å². The van der Waals surface area contributed by atoms with Crippen molar-refractivity contribution in [3.63, 3.8) is 0 Å². The van der Waals surface area contributed by atoms with E-state index >= 15 is 0 Å². The Balaban J connectivity index is 2.40. The molecule has 3 nitrogen and oxygen atoms in total. The summed E-state index contributed by atoms with van der Waals surface area (Å²) in [4.78, 5) is 2.04. The number of halogens is 1. The minimum atomic E-state index is -0.514. The standard InChI is InChI=1S/C13H20ClNO2/c1-3-17-8-7-15(2)10-13(16)11-5-4-6-12(14)9-11/h4-6,9,13,16H,3,7-8,10H2,1-2H3. The van der Waals surface area contributed by atoms with Crippen LogP contribution in [0.4, 0.5) is 0 Å². The number of hydrogen-bond acceptors (Lipinski definition) is 3. The molecule has 0 saturated carbocycles. The summed E-state index contributed by atoms with van der Waals surface area (Å²) in [6.45, 7) is 4.78. The Morgan fingerprint density at radius 2 is 2.24 bits per heavy atom. The highest BCUT2D eigenvalue weighted by Gasteiger charge is 2.10. The van der Waals surface area contributed by atoms with Crippen LogP contribution in [0.25, 0.3) is 0 Å². The van der Waals surface area contributed by atoms with Crippen molar-refractivity contribution < 1.29 is 9.84 Å². The molecule has 0 aliphatic heterocycles. The highest BCUT2D eigenvalue weighted by Crippen LogP contribution is 2.18. The quantitative estimate of drug-likeness (QED) is 0.761. The Bertz CT molecular complexity index is 333. The number of ether oxygens (including phenoxy) is 1. The second kappa shape index (κ2) is 7.67. The fraction of sp³-hybridized carbons (Fsp3) is 0.538. The fourth-order valence-corrected chi connectivity index (χ4v) is 1.77. The molecule has 0 aliphatic rings. The molecule has 0 heterocycles. The van der Waals surface area contributed by atoms with E-state index in [1.165, 1.54) is 0 Å².